The first-order valence-electron chi connectivity index (χ1n) is 8.84. The molecule has 2 bridgehead atoms. The molecule has 4 fully saturated rings. The third kappa shape index (κ3) is 2.14. The molecule has 0 aliphatic carbocycles. The van der Waals surface area contributed by atoms with Crippen molar-refractivity contribution in [2.45, 2.75) is 30.8 Å². The average Bonchev–Trinajstić information content (AvgIpc) is 3.07. The molecular weight excluding hydrogens is 303 g/mol. The minimum atomic E-state index is -0.372. The van der Waals surface area contributed by atoms with Crippen molar-refractivity contribution in [3.05, 3.63) is 54.1 Å². The van der Waals surface area contributed by atoms with Gasteiger partial charge in [-0.05, 0) is 37.4 Å². The van der Waals surface area contributed by atoms with Crippen LogP contribution in [0.3, 0.4) is 0 Å². The predicted octanol–water partition coefficient (Wildman–Crippen LogP) is 2.68. The van der Waals surface area contributed by atoms with Gasteiger partial charge in [-0.1, -0.05) is 30.3 Å². The van der Waals surface area contributed by atoms with Gasteiger partial charge in [-0.25, -0.2) is 14.4 Å². The Balaban J connectivity index is 1.56. The summed E-state index contributed by atoms with van der Waals surface area (Å²) in [5.74, 6) is 1.47. The number of piperidine rings is 3. The lowest BCUT2D eigenvalue weighted by atomic mass is 9.75. The van der Waals surface area contributed by atoms with E-state index in [1.54, 1.807) is 0 Å². The van der Waals surface area contributed by atoms with E-state index in [1.807, 2.05) is 0 Å². The molecule has 2 aromatic rings. The zero-order chi connectivity index (χ0) is 16.1. The Morgan fingerprint density at radius 3 is 2.38 bits per heavy atom. The second kappa shape index (κ2) is 5.52. The van der Waals surface area contributed by atoms with E-state index < -0.39 is 0 Å². The molecule has 4 aliphatic heterocycles. The molecule has 0 unspecified atom stereocenters. The Labute approximate surface area is 141 Å². The summed E-state index contributed by atoms with van der Waals surface area (Å²) in [6.45, 7) is 3.32. The zero-order valence-corrected chi connectivity index (χ0v) is 13.6. The molecule has 3 atom stereocenters. The molecule has 6 rings (SSSR count). The van der Waals surface area contributed by atoms with Gasteiger partial charge in [0.15, 0.2) is 5.82 Å². The van der Waals surface area contributed by atoms with Crippen molar-refractivity contribution in [3.63, 3.8) is 0 Å². The summed E-state index contributed by atoms with van der Waals surface area (Å²) >= 11 is 0. The number of hydrogen-bond acceptors (Lipinski definition) is 4. The van der Waals surface area contributed by atoms with E-state index in [0.717, 1.165) is 6.54 Å². The highest BCUT2D eigenvalue weighted by Crippen LogP contribution is 2.47. The minimum Gasteiger partial charge on any atom is -0.335 e. The second-order valence-corrected chi connectivity index (χ2v) is 7.23. The van der Waals surface area contributed by atoms with E-state index in [9.17, 15) is 4.39 Å². The van der Waals surface area contributed by atoms with Crippen molar-refractivity contribution in [1.29, 1.82) is 0 Å². The van der Waals surface area contributed by atoms with E-state index in [4.69, 9.17) is 0 Å². The molecule has 0 radical (unpaired) electrons. The van der Waals surface area contributed by atoms with Crippen LogP contribution in [0.1, 0.15) is 24.3 Å². The first-order chi connectivity index (χ1) is 11.8. The number of hydrogen-bond donors (Lipinski definition) is 0. The van der Waals surface area contributed by atoms with Crippen LogP contribution in [0.15, 0.2) is 42.7 Å². The quantitative estimate of drug-likeness (QED) is 0.850. The Bertz CT molecular complexity index is 712. The monoisotopic (exact) mass is 324 g/mol. The van der Waals surface area contributed by atoms with Crippen LogP contribution in [0.25, 0.3) is 0 Å². The number of nitrogens with zero attached hydrogens (tertiary/aromatic N) is 4. The fraction of sp³-hybridized carbons (Fsp3) is 0.474. The van der Waals surface area contributed by atoms with Gasteiger partial charge < -0.3 is 4.90 Å². The third-order valence-corrected chi connectivity index (χ3v) is 6.09. The summed E-state index contributed by atoms with van der Waals surface area (Å²) in [4.78, 5) is 13.6. The van der Waals surface area contributed by atoms with Crippen LogP contribution in [-0.2, 0) is 0 Å². The summed E-state index contributed by atoms with van der Waals surface area (Å²) < 4.78 is 13.2. The van der Waals surface area contributed by atoms with Crippen LogP contribution >= 0.6 is 0 Å². The van der Waals surface area contributed by atoms with Crippen molar-refractivity contribution in [2.24, 2.45) is 5.92 Å². The van der Waals surface area contributed by atoms with Crippen LogP contribution in [-0.4, -0.2) is 46.6 Å². The van der Waals surface area contributed by atoms with Crippen molar-refractivity contribution in [2.75, 3.05) is 24.5 Å². The Morgan fingerprint density at radius 2 is 1.67 bits per heavy atom. The third-order valence-electron chi connectivity index (χ3n) is 6.09. The first-order valence-corrected chi connectivity index (χ1v) is 8.84. The highest BCUT2D eigenvalue weighted by atomic mass is 19.1. The van der Waals surface area contributed by atoms with E-state index in [-0.39, 0.29) is 5.82 Å². The zero-order valence-electron chi connectivity index (χ0n) is 13.6. The predicted molar refractivity (Wildman–Crippen MR) is 90.4 cm³/mol. The lowest BCUT2D eigenvalue weighted by molar-refractivity contribution is 0.0353. The summed E-state index contributed by atoms with van der Waals surface area (Å²) in [6.07, 6.45) is 5.07. The maximum atomic E-state index is 13.2. The summed E-state index contributed by atoms with van der Waals surface area (Å²) in [5.41, 5.74) is 1.39. The smallest absolute Gasteiger partial charge is 0.225 e. The fourth-order valence-corrected chi connectivity index (χ4v) is 5.10. The summed E-state index contributed by atoms with van der Waals surface area (Å²) in [5, 5.41) is 0. The van der Waals surface area contributed by atoms with Crippen LogP contribution < -0.4 is 4.90 Å². The lowest BCUT2D eigenvalue weighted by Gasteiger charge is -2.51. The molecule has 124 valence electrons. The number of fused-ring (bicyclic) bond motifs is 2. The minimum absolute atomic E-state index is 0.372. The van der Waals surface area contributed by atoms with Crippen LogP contribution in [0, 0.1) is 11.7 Å². The maximum absolute atomic E-state index is 13.2. The van der Waals surface area contributed by atoms with Gasteiger partial charge in [0.05, 0.1) is 18.4 Å². The van der Waals surface area contributed by atoms with Crippen molar-refractivity contribution in [1.82, 2.24) is 14.9 Å². The molecule has 0 saturated carbocycles. The molecule has 1 aromatic heterocycles. The second-order valence-electron chi connectivity index (χ2n) is 7.23. The highest BCUT2D eigenvalue weighted by Gasteiger charge is 2.53. The van der Waals surface area contributed by atoms with E-state index in [2.05, 4.69) is 50.1 Å². The maximum Gasteiger partial charge on any atom is 0.225 e. The molecular formula is C19H21FN4. The average molecular weight is 324 g/mol. The van der Waals surface area contributed by atoms with Crippen LogP contribution in [0.4, 0.5) is 10.3 Å². The van der Waals surface area contributed by atoms with E-state index >= 15 is 0 Å². The molecule has 1 aromatic carbocycles. The Morgan fingerprint density at radius 1 is 0.958 bits per heavy atom. The van der Waals surface area contributed by atoms with Crippen LogP contribution in [0.5, 0.6) is 0 Å². The van der Waals surface area contributed by atoms with Gasteiger partial charge in [-0.2, -0.15) is 0 Å². The molecule has 4 aliphatic rings. The fourth-order valence-electron chi connectivity index (χ4n) is 5.10. The number of aromatic nitrogens is 2. The molecule has 4 nitrogen and oxygen atoms in total. The highest BCUT2D eigenvalue weighted by molar-refractivity contribution is 5.42. The number of rotatable bonds is 2. The molecule has 0 spiro atoms. The molecule has 4 saturated heterocycles. The SMILES string of the molecule is Fc1cnc(N2C[C@H](c3ccccc3)[C@@H]3[C@H]2C2CCN3CC2)nc1. The molecule has 0 amide bonds. The Hall–Kier alpha value is -2.01. The van der Waals surface area contributed by atoms with Gasteiger partial charge in [0, 0.05) is 18.5 Å². The van der Waals surface area contributed by atoms with Gasteiger partial charge in [0.25, 0.3) is 0 Å². The van der Waals surface area contributed by atoms with Gasteiger partial charge >= 0.3 is 0 Å². The van der Waals surface area contributed by atoms with Crippen molar-refractivity contribution >= 4 is 5.95 Å². The number of halogens is 1. The van der Waals surface area contributed by atoms with E-state index in [0.29, 0.717) is 29.9 Å². The largest absolute Gasteiger partial charge is 0.335 e. The number of anilines is 1. The first kappa shape index (κ1) is 14.3. The normalized spacial score (nSPS) is 34.4. The number of benzene rings is 1. The standard InChI is InChI=1S/C19H21FN4/c20-15-10-21-19(22-11-15)24-12-16(13-4-2-1-3-5-13)18-17(24)14-6-8-23(18)9-7-14/h1-5,10-11,14,16-18H,6-9,12H2/t16-,17-,18-/m1/s1. The van der Waals surface area contributed by atoms with Gasteiger partial charge in [0.2, 0.25) is 5.95 Å². The van der Waals surface area contributed by atoms with Crippen molar-refractivity contribution in [3.8, 4) is 0 Å². The van der Waals surface area contributed by atoms with Gasteiger partial charge in [-0.3, -0.25) is 4.90 Å². The molecule has 0 N–H and O–H groups in total. The van der Waals surface area contributed by atoms with Gasteiger partial charge in [0.1, 0.15) is 0 Å². The summed E-state index contributed by atoms with van der Waals surface area (Å²) in [7, 11) is 0. The van der Waals surface area contributed by atoms with Crippen molar-refractivity contribution < 1.29 is 4.39 Å². The molecule has 24 heavy (non-hydrogen) atoms. The Kier molecular flexibility index (Phi) is 3.30. The molecule has 5 heterocycles. The summed E-state index contributed by atoms with van der Waals surface area (Å²) in [6, 6.07) is 11.8. The lowest BCUT2D eigenvalue weighted by Crippen LogP contribution is -2.60. The van der Waals surface area contributed by atoms with E-state index in [1.165, 1.54) is 43.9 Å². The topological polar surface area (TPSA) is 32.3 Å². The van der Waals surface area contributed by atoms with Crippen LogP contribution in [0.2, 0.25) is 0 Å². The van der Waals surface area contributed by atoms with Gasteiger partial charge in [-0.15, -0.1) is 0 Å². The molecule has 5 heteroatoms.